The van der Waals surface area contributed by atoms with E-state index in [2.05, 4.69) is 6.92 Å². The molecule has 0 spiro atoms. The molecule has 2 aliphatic rings. The van der Waals surface area contributed by atoms with Crippen molar-refractivity contribution < 1.29 is 23.8 Å². The number of aryl methyl sites for hydroxylation is 1. The minimum Gasteiger partial charge on any atom is -0.475 e. The quantitative estimate of drug-likeness (QED) is 0.900. The molecule has 25 heavy (non-hydrogen) atoms. The van der Waals surface area contributed by atoms with Gasteiger partial charge in [0.15, 0.2) is 5.76 Å². The van der Waals surface area contributed by atoms with Crippen molar-refractivity contribution in [3.63, 3.8) is 0 Å². The second-order valence-electron chi connectivity index (χ2n) is 7.44. The van der Waals surface area contributed by atoms with Crippen molar-refractivity contribution >= 4 is 11.9 Å². The van der Waals surface area contributed by atoms with Gasteiger partial charge in [-0.1, -0.05) is 6.92 Å². The largest absolute Gasteiger partial charge is 0.475 e. The first-order chi connectivity index (χ1) is 11.9. The van der Waals surface area contributed by atoms with Gasteiger partial charge in [0.25, 0.3) is 5.91 Å². The maximum absolute atomic E-state index is 12.5. The average Bonchev–Trinajstić information content (AvgIpc) is 2.99. The van der Waals surface area contributed by atoms with Crippen LogP contribution in [-0.2, 0) is 4.74 Å². The normalized spacial score (nSPS) is 25.1. The second-order valence-corrected chi connectivity index (χ2v) is 7.44. The molecule has 1 saturated carbocycles. The van der Waals surface area contributed by atoms with Crippen LogP contribution < -0.4 is 0 Å². The first kappa shape index (κ1) is 18.0. The Morgan fingerprint density at radius 3 is 2.28 bits per heavy atom. The molecular formula is C19H27NO5. The van der Waals surface area contributed by atoms with Gasteiger partial charge in [0.1, 0.15) is 0 Å². The summed E-state index contributed by atoms with van der Waals surface area (Å²) in [5, 5.41) is 9.04. The van der Waals surface area contributed by atoms with Crippen molar-refractivity contribution in [3.8, 4) is 0 Å². The lowest BCUT2D eigenvalue weighted by Crippen LogP contribution is -2.42. The number of ether oxygens (including phenoxy) is 1. The summed E-state index contributed by atoms with van der Waals surface area (Å²) in [5.41, 5.74) is 0.473. The Morgan fingerprint density at radius 2 is 1.72 bits per heavy atom. The van der Waals surface area contributed by atoms with Crippen LogP contribution in [0.25, 0.3) is 0 Å². The second kappa shape index (κ2) is 7.60. The van der Waals surface area contributed by atoms with Crippen LogP contribution in [0.15, 0.2) is 10.5 Å². The fourth-order valence-corrected chi connectivity index (χ4v) is 3.79. The van der Waals surface area contributed by atoms with Crippen LogP contribution in [0.3, 0.4) is 0 Å². The lowest BCUT2D eigenvalue weighted by Gasteiger charge is -2.35. The van der Waals surface area contributed by atoms with Crippen molar-refractivity contribution in [1.82, 2.24) is 4.90 Å². The number of carboxylic acid groups (broad SMARTS) is 1. The van der Waals surface area contributed by atoms with E-state index in [0.29, 0.717) is 24.8 Å². The van der Waals surface area contributed by atoms with Crippen molar-refractivity contribution in [2.24, 2.45) is 5.92 Å². The molecule has 2 fully saturated rings. The maximum atomic E-state index is 12.5. The molecule has 0 bridgehead atoms. The zero-order valence-corrected chi connectivity index (χ0v) is 15.0. The highest BCUT2D eigenvalue weighted by Crippen LogP contribution is 2.28. The number of hydrogen-bond acceptors (Lipinski definition) is 4. The third-order valence-corrected chi connectivity index (χ3v) is 5.40. The Kier molecular flexibility index (Phi) is 5.47. The predicted molar refractivity (Wildman–Crippen MR) is 91.8 cm³/mol. The Labute approximate surface area is 148 Å². The van der Waals surface area contributed by atoms with E-state index in [-0.39, 0.29) is 23.5 Å². The fourth-order valence-electron chi connectivity index (χ4n) is 3.79. The minimum atomic E-state index is -1.15. The number of carboxylic acids is 1. The highest BCUT2D eigenvalue weighted by molar-refractivity contribution is 5.94. The van der Waals surface area contributed by atoms with Gasteiger partial charge in [0.05, 0.1) is 12.2 Å². The number of amides is 1. The monoisotopic (exact) mass is 349 g/mol. The van der Waals surface area contributed by atoms with Gasteiger partial charge in [-0.05, 0) is 57.4 Å². The van der Waals surface area contributed by atoms with Gasteiger partial charge < -0.3 is 19.2 Å². The van der Waals surface area contributed by atoms with Crippen LogP contribution >= 0.6 is 0 Å². The van der Waals surface area contributed by atoms with E-state index in [0.717, 1.165) is 31.6 Å². The average molecular weight is 349 g/mol. The van der Waals surface area contributed by atoms with Crippen molar-refractivity contribution in [1.29, 1.82) is 0 Å². The molecule has 1 aromatic rings. The Morgan fingerprint density at radius 1 is 1.12 bits per heavy atom. The summed E-state index contributed by atoms with van der Waals surface area (Å²) in [4.78, 5) is 25.3. The number of carbonyl (C=O) groups excluding carboxylic acids is 1. The molecule has 1 aliphatic carbocycles. The van der Waals surface area contributed by atoms with E-state index in [1.165, 1.54) is 18.9 Å². The Bertz CT molecular complexity index is 622. The van der Waals surface area contributed by atoms with Gasteiger partial charge in [-0.15, -0.1) is 0 Å². The van der Waals surface area contributed by atoms with Gasteiger partial charge >= 0.3 is 5.97 Å². The summed E-state index contributed by atoms with van der Waals surface area (Å²) in [6.07, 6.45) is 7.00. The molecule has 6 heteroatoms. The molecule has 1 saturated heterocycles. The van der Waals surface area contributed by atoms with Crippen molar-refractivity contribution in [2.45, 2.75) is 64.6 Å². The first-order valence-corrected chi connectivity index (χ1v) is 9.22. The van der Waals surface area contributed by atoms with Gasteiger partial charge in [0, 0.05) is 18.7 Å². The van der Waals surface area contributed by atoms with Gasteiger partial charge in [-0.3, -0.25) is 4.79 Å². The van der Waals surface area contributed by atoms with Crippen molar-refractivity contribution in [2.75, 3.05) is 13.1 Å². The zero-order chi connectivity index (χ0) is 18.0. The van der Waals surface area contributed by atoms with Gasteiger partial charge in [-0.25, -0.2) is 4.79 Å². The van der Waals surface area contributed by atoms with E-state index < -0.39 is 5.97 Å². The SMILES string of the molecule is Cc1cc(C(=O)N2CCC(OC3CCC(C)CC3)CC2)oc1C(=O)O. The number of furan rings is 1. The molecule has 3 rings (SSSR count). The molecule has 1 aromatic heterocycles. The van der Waals surface area contributed by atoms with Crippen LogP contribution in [-0.4, -0.2) is 47.2 Å². The summed E-state index contributed by atoms with van der Waals surface area (Å²) in [6, 6.07) is 1.51. The molecule has 1 amide bonds. The summed E-state index contributed by atoms with van der Waals surface area (Å²) in [7, 11) is 0. The zero-order valence-electron chi connectivity index (χ0n) is 15.0. The molecule has 1 N–H and O–H groups in total. The highest BCUT2D eigenvalue weighted by Gasteiger charge is 2.29. The minimum absolute atomic E-state index is 0.107. The molecule has 0 radical (unpaired) electrons. The number of nitrogens with zero attached hydrogens (tertiary/aromatic N) is 1. The number of carbonyl (C=O) groups is 2. The van der Waals surface area contributed by atoms with E-state index in [4.69, 9.17) is 14.3 Å². The summed E-state index contributed by atoms with van der Waals surface area (Å²) < 4.78 is 11.5. The maximum Gasteiger partial charge on any atom is 0.372 e. The molecule has 0 atom stereocenters. The standard InChI is InChI=1S/C19H27NO5/c1-12-3-5-14(6-4-12)24-15-7-9-20(10-8-15)18(21)16-11-13(2)17(25-16)19(22)23/h11-12,14-15H,3-10H2,1-2H3,(H,22,23). The van der Waals surface area contributed by atoms with Crippen LogP contribution in [0.2, 0.25) is 0 Å². The Hall–Kier alpha value is -1.82. The molecule has 2 heterocycles. The number of likely N-dealkylation sites (tertiary alicyclic amines) is 1. The summed E-state index contributed by atoms with van der Waals surface area (Å²) in [6.45, 7) is 5.17. The van der Waals surface area contributed by atoms with Crippen LogP contribution in [0.1, 0.15) is 72.1 Å². The molecule has 138 valence electrons. The molecular weight excluding hydrogens is 322 g/mol. The van der Waals surface area contributed by atoms with E-state index in [9.17, 15) is 9.59 Å². The molecule has 6 nitrogen and oxygen atoms in total. The first-order valence-electron chi connectivity index (χ1n) is 9.22. The molecule has 0 aromatic carbocycles. The summed E-state index contributed by atoms with van der Waals surface area (Å²) in [5.74, 6) is -0.624. The van der Waals surface area contributed by atoms with Crippen LogP contribution in [0.5, 0.6) is 0 Å². The van der Waals surface area contributed by atoms with Gasteiger partial charge in [-0.2, -0.15) is 0 Å². The Balaban J connectivity index is 1.51. The smallest absolute Gasteiger partial charge is 0.372 e. The van der Waals surface area contributed by atoms with Gasteiger partial charge in [0.2, 0.25) is 5.76 Å². The lowest BCUT2D eigenvalue weighted by atomic mass is 9.88. The number of piperidine rings is 1. The highest BCUT2D eigenvalue weighted by atomic mass is 16.5. The van der Waals surface area contributed by atoms with E-state index >= 15 is 0 Å². The van der Waals surface area contributed by atoms with E-state index in [1.807, 2.05) is 0 Å². The predicted octanol–water partition coefficient (Wildman–Crippen LogP) is 3.49. The number of aromatic carboxylic acids is 1. The topological polar surface area (TPSA) is 80.0 Å². The molecule has 0 unspecified atom stereocenters. The lowest BCUT2D eigenvalue weighted by molar-refractivity contribution is -0.0572. The molecule has 1 aliphatic heterocycles. The third-order valence-electron chi connectivity index (χ3n) is 5.40. The third kappa shape index (κ3) is 4.24. The number of rotatable bonds is 4. The van der Waals surface area contributed by atoms with Crippen LogP contribution in [0.4, 0.5) is 0 Å². The summed E-state index contributed by atoms with van der Waals surface area (Å²) >= 11 is 0. The van der Waals surface area contributed by atoms with Crippen molar-refractivity contribution in [3.05, 3.63) is 23.2 Å². The van der Waals surface area contributed by atoms with Crippen LogP contribution in [0, 0.1) is 12.8 Å². The van der Waals surface area contributed by atoms with E-state index in [1.54, 1.807) is 11.8 Å². The fraction of sp³-hybridized carbons (Fsp3) is 0.684. The number of hydrogen-bond donors (Lipinski definition) is 1.